The predicted octanol–water partition coefficient (Wildman–Crippen LogP) is 3.42. The van der Waals surface area contributed by atoms with Crippen LogP contribution in [0.15, 0.2) is 47.6 Å². The van der Waals surface area contributed by atoms with E-state index in [0.29, 0.717) is 19.0 Å². The Hall–Kier alpha value is -2.11. The molecule has 0 bridgehead atoms. The zero-order valence-electron chi connectivity index (χ0n) is 16.0. The minimum Gasteiger partial charge on any atom is -0.356 e. The zero-order chi connectivity index (χ0) is 20.0. The lowest BCUT2D eigenvalue weighted by atomic mass is 9.96. The molecule has 0 aliphatic heterocycles. The van der Waals surface area contributed by atoms with Crippen LogP contribution in [0.4, 0.5) is 19.1 Å². The van der Waals surface area contributed by atoms with E-state index in [-0.39, 0.29) is 35.3 Å². The number of anilines is 1. The number of benzene rings is 1. The highest BCUT2D eigenvalue weighted by Gasteiger charge is 2.44. The molecule has 1 aromatic heterocycles. The standard InChI is InChI=1S/C19H23F3N6.HI/c1-23-16(27-13-18(8-9-18)14-5-3-2-4-6-14)25-11-12-26-17-24-10-7-15(28-17)19(20,21)22;/h2-7,10H,8-9,11-13H2,1H3,(H2,23,25,27)(H,24,26,28);1H. The van der Waals surface area contributed by atoms with Crippen LogP contribution in [0.2, 0.25) is 0 Å². The van der Waals surface area contributed by atoms with Crippen molar-refractivity contribution in [2.24, 2.45) is 4.99 Å². The largest absolute Gasteiger partial charge is 0.433 e. The Kier molecular flexibility index (Phi) is 8.05. The third kappa shape index (κ3) is 6.44. The number of alkyl halides is 3. The van der Waals surface area contributed by atoms with Crippen molar-refractivity contribution < 1.29 is 13.2 Å². The maximum absolute atomic E-state index is 12.7. The van der Waals surface area contributed by atoms with Gasteiger partial charge in [0.05, 0.1) is 0 Å². The van der Waals surface area contributed by atoms with Gasteiger partial charge in [-0.1, -0.05) is 30.3 Å². The van der Waals surface area contributed by atoms with E-state index < -0.39 is 11.9 Å². The van der Waals surface area contributed by atoms with Gasteiger partial charge >= 0.3 is 6.18 Å². The maximum Gasteiger partial charge on any atom is 0.433 e. The second-order valence-corrected chi connectivity index (χ2v) is 6.69. The van der Waals surface area contributed by atoms with Crippen LogP contribution in [0, 0.1) is 0 Å². The molecule has 1 aromatic carbocycles. The molecule has 1 aliphatic rings. The lowest BCUT2D eigenvalue weighted by molar-refractivity contribution is -0.141. The third-order valence-corrected chi connectivity index (χ3v) is 4.70. The lowest BCUT2D eigenvalue weighted by Gasteiger charge is -2.19. The van der Waals surface area contributed by atoms with Crippen molar-refractivity contribution in [2.75, 3.05) is 32.0 Å². The van der Waals surface area contributed by atoms with Gasteiger partial charge < -0.3 is 16.0 Å². The van der Waals surface area contributed by atoms with Gasteiger partial charge in [-0.25, -0.2) is 9.97 Å². The Balaban J connectivity index is 0.00000300. The fourth-order valence-corrected chi connectivity index (χ4v) is 2.94. The maximum atomic E-state index is 12.7. The molecule has 3 N–H and O–H groups in total. The van der Waals surface area contributed by atoms with Crippen molar-refractivity contribution in [2.45, 2.75) is 24.4 Å². The second kappa shape index (κ2) is 10.1. The summed E-state index contributed by atoms with van der Waals surface area (Å²) in [6, 6.07) is 11.2. The third-order valence-electron chi connectivity index (χ3n) is 4.70. The van der Waals surface area contributed by atoms with Gasteiger partial charge in [-0.15, -0.1) is 24.0 Å². The molecule has 0 saturated heterocycles. The van der Waals surface area contributed by atoms with E-state index in [1.165, 1.54) is 5.56 Å². The molecule has 0 radical (unpaired) electrons. The summed E-state index contributed by atoms with van der Waals surface area (Å²) in [5, 5.41) is 9.24. The number of hydrogen-bond donors (Lipinski definition) is 3. The van der Waals surface area contributed by atoms with Gasteiger partial charge in [-0.05, 0) is 24.5 Å². The molecule has 0 amide bonds. The van der Waals surface area contributed by atoms with Crippen LogP contribution in [0.1, 0.15) is 24.1 Å². The number of guanidine groups is 1. The first-order valence-corrected chi connectivity index (χ1v) is 9.07. The van der Waals surface area contributed by atoms with Crippen LogP contribution in [-0.2, 0) is 11.6 Å². The average Bonchev–Trinajstić information content (AvgIpc) is 3.49. The monoisotopic (exact) mass is 520 g/mol. The van der Waals surface area contributed by atoms with E-state index in [9.17, 15) is 13.2 Å². The lowest BCUT2D eigenvalue weighted by Crippen LogP contribution is -2.42. The highest BCUT2D eigenvalue weighted by atomic mass is 127. The fourth-order valence-electron chi connectivity index (χ4n) is 2.94. The zero-order valence-corrected chi connectivity index (χ0v) is 18.3. The molecule has 1 saturated carbocycles. The van der Waals surface area contributed by atoms with Gasteiger partial charge in [-0.3, -0.25) is 4.99 Å². The van der Waals surface area contributed by atoms with Crippen molar-refractivity contribution in [1.29, 1.82) is 0 Å². The van der Waals surface area contributed by atoms with Gasteiger partial charge in [0.2, 0.25) is 5.95 Å². The van der Waals surface area contributed by atoms with E-state index in [2.05, 4.69) is 43.0 Å². The molecular formula is C19H24F3IN6. The van der Waals surface area contributed by atoms with Crippen molar-refractivity contribution in [3.63, 3.8) is 0 Å². The van der Waals surface area contributed by atoms with Crippen LogP contribution in [0.3, 0.4) is 0 Å². The number of aliphatic imine (C=N–C) groups is 1. The molecule has 0 unspecified atom stereocenters. The van der Waals surface area contributed by atoms with Gasteiger partial charge in [-0.2, -0.15) is 13.2 Å². The predicted molar refractivity (Wildman–Crippen MR) is 118 cm³/mol. The first-order chi connectivity index (χ1) is 13.4. The second-order valence-electron chi connectivity index (χ2n) is 6.69. The topological polar surface area (TPSA) is 74.2 Å². The van der Waals surface area contributed by atoms with Crippen LogP contribution in [0.25, 0.3) is 0 Å². The summed E-state index contributed by atoms with van der Waals surface area (Å²) in [7, 11) is 1.68. The van der Waals surface area contributed by atoms with Crippen LogP contribution in [-0.4, -0.2) is 42.6 Å². The smallest absolute Gasteiger partial charge is 0.356 e. The average molecular weight is 520 g/mol. The summed E-state index contributed by atoms with van der Waals surface area (Å²) in [5.74, 6) is 0.592. The van der Waals surface area contributed by atoms with Gasteiger partial charge in [0.25, 0.3) is 0 Å². The quantitative estimate of drug-likeness (QED) is 0.226. The molecule has 6 nitrogen and oxygen atoms in total. The number of hydrogen-bond acceptors (Lipinski definition) is 4. The molecule has 2 aromatic rings. The highest BCUT2D eigenvalue weighted by Crippen LogP contribution is 2.47. The van der Waals surface area contributed by atoms with E-state index in [4.69, 9.17) is 0 Å². The summed E-state index contributed by atoms with van der Waals surface area (Å²) in [4.78, 5) is 11.5. The van der Waals surface area contributed by atoms with Crippen molar-refractivity contribution in [1.82, 2.24) is 20.6 Å². The van der Waals surface area contributed by atoms with E-state index in [1.54, 1.807) is 7.05 Å². The molecule has 158 valence electrons. The number of halogens is 4. The fraction of sp³-hybridized carbons (Fsp3) is 0.421. The van der Waals surface area contributed by atoms with Gasteiger partial charge in [0, 0.05) is 38.3 Å². The van der Waals surface area contributed by atoms with Crippen LogP contribution in [0.5, 0.6) is 0 Å². The number of rotatable bonds is 7. The van der Waals surface area contributed by atoms with E-state index >= 15 is 0 Å². The van der Waals surface area contributed by atoms with Crippen LogP contribution >= 0.6 is 24.0 Å². The Morgan fingerprint density at radius 1 is 1.10 bits per heavy atom. The molecule has 10 heteroatoms. The molecule has 1 heterocycles. The first-order valence-electron chi connectivity index (χ1n) is 9.07. The van der Waals surface area contributed by atoms with E-state index in [1.807, 2.05) is 18.2 Å². The summed E-state index contributed by atoms with van der Waals surface area (Å²) in [6.45, 7) is 1.59. The number of aromatic nitrogens is 2. The minimum absolute atomic E-state index is 0. The van der Waals surface area contributed by atoms with Crippen molar-refractivity contribution in [3.8, 4) is 0 Å². The summed E-state index contributed by atoms with van der Waals surface area (Å²) in [6.07, 6.45) is -1.13. The summed E-state index contributed by atoms with van der Waals surface area (Å²) in [5.41, 5.74) is 0.510. The molecule has 1 aliphatic carbocycles. The minimum atomic E-state index is -4.49. The van der Waals surface area contributed by atoms with Gasteiger partial charge in [0.1, 0.15) is 5.69 Å². The van der Waals surface area contributed by atoms with Gasteiger partial charge in [0.15, 0.2) is 5.96 Å². The summed E-state index contributed by atoms with van der Waals surface area (Å²) < 4.78 is 38.0. The molecule has 0 atom stereocenters. The SMILES string of the molecule is CN=C(NCCNc1nccc(C(F)(F)F)n1)NCC1(c2ccccc2)CC1.I. The molecule has 1 fully saturated rings. The normalized spacial score (nSPS) is 15.2. The number of nitrogens with one attached hydrogen (secondary N) is 3. The first kappa shape index (κ1) is 23.2. The van der Waals surface area contributed by atoms with Crippen molar-refractivity contribution in [3.05, 3.63) is 53.9 Å². The highest BCUT2D eigenvalue weighted by molar-refractivity contribution is 14.0. The molecule has 0 spiro atoms. The van der Waals surface area contributed by atoms with Crippen LogP contribution < -0.4 is 16.0 Å². The van der Waals surface area contributed by atoms with Crippen molar-refractivity contribution >= 4 is 35.9 Å². The Morgan fingerprint density at radius 2 is 1.83 bits per heavy atom. The van der Waals surface area contributed by atoms with E-state index in [0.717, 1.165) is 31.6 Å². The molecule has 3 rings (SSSR count). The number of nitrogens with zero attached hydrogens (tertiary/aromatic N) is 3. The molecule has 29 heavy (non-hydrogen) atoms. The Labute approximate surface area is 184 Å². The summed E-state index contributed by atoms with van der Waals surface area (Å²) >= 11 is 0. The Morgan fingerprint density at radius 3 is 2.45 bits per heavy atom. The Bertz CT molecular complexity index is 809. The molecular weight excluding hydrogens is 496 g/mol.